The Bertz CT molecular complexity index is 1130. The van der Waals surface area contributed by atoms with Crippen LogP contribution < -0.4 is 0 Å². The van der Waals surface area contributed by atoms with Gasteiger partial charge in [0.15, 0.2) is 11.5 Å². The van der Waals surface area contributed by atoms with E-state index in [1.54, 1.807) is 11.0 Å². The molecule has 2 aromatic heterocycles. The van der Waals surface area contributed by atoms with Crippen molar-refractivity contribution in [1.82, 2.24) is 20.2 Å². The summed E-state index contributed by atoms with van der Waals surface area (Å²) in [5.41, 5.74) is 2.16. The maximum absolute atomic E-state index is 12.8. The molecule has 0 unspecified atom stereocenters. The quantitative estimate of drug-likeness (QED) is 0.504. The Morgan fingerprint density at radius 1 is 0.867 bits per heavy atom. The fourth-order valence-corrected chi connectivity index (χ4v) is 3.71. The predicted molar refractivity (Wildman–Crippen MR) is 110 cm³/mol. The SMILES string of the molecule is O=C(c1cc(-c2ccccc2)on1)N1CCC(c2nc(-c3ccccc3)no2)CC1. The second-order valence-corrected chi connectivity index (χ2v) is 7.33. The lowest BCUT2D eigenvalue weighted by atomic mass is 9.96. The summed E-state index contributed by atoms with van der Waals surface area (Å²) in [5, 5.41) is 8.08. The Balaban J connectivity index is 1.23. The molecule has 1 aliphatic heterocycles. The fourth-order valence-electron chi connectivity index (χ4n) is 3.71. The predicted octanol–water partition coefficient (Wildman–Crippen LogP) is 4.41. The van der Waals surface area contributed by atoms with E-state index >= 15 is 0 Å². The molecule has 7 heteroatoms. The molecule has 0 bridgehead atoms. The zero-order chi connectivity index (χ0) is 20.3. The average molecular weight is 400 g/mol. The van der Waals surface area contributed by atoms with Gasteiger partial charge in [-0.2, -0.15) is 4.98 Å². The monoisotopic (exact) mass is 400 g/mol. The van der Waals surface area contributed by atoms with E-state index in [0.29, 0.717) is 36.3 Å². The zero-order valence-corrected chi connectivity index (χ0v) is 16.3. The van der Waals surface area contributed by atoms with E-state index in [1.165, 1.54) is 0 Å². The van der Waals surface area contributed by atoms with Gasteiger partial charge in [0.1, 0.15) is 0 Å². The van der Waals surface area contributed by atoms with Crippen LogP contribution in [0.25, 0.3) is 22.7 Å². The first-order valence-corrected chi connectivity index (χ1v) is 9.98. The van der Waals surface area contributed by atoms with Crippen LogP contribution in [0.2, 0.25) is 0 Å². The number of rotatable bonds is 4. The van der Waals surface area contributed by atoms with Crippen molar-refractivity contribution in [3.63, 3.8) is 0 Å². The van der Waals surface area contributed by atoms with E-state index in [-0.39, 0.29) is 11.8 Å². The molecule has 1 amide bonds. The van der Waals surface area contributed by atoms with E-state index < -0.39 is 0 Å². The van der Waals surface area contributed by atoms with Crippen LogP contribution in [-0.2, 0) is 0 Å². The molecule has 30 heavy (non-hydrogen) atoms. The number of likely N-dealkylation sites (tertiary alicyclic amines) is 1. The number of benzene rings is 2. The minimum Gasteiger partial charge on any atom is -0.355 e. The van der Waals surface area contributed by atoms with Crippen molar-refractivity contribution in [2.75, 3.05) is 13.1 Å². The molecule has 1 fully saturated rings. The first kappa shape index (κ1) is 18.3. The molecule has 7 nitrogen and oxygen atoms in total. The number of amides is 1. The summed E-state index contributed by atoms with van der Waals surface area (Å²) in [6.07, 6.45) is 1.54. The van der Waals surface area contributed by atoms with Gasteiger partial charge in [-0.3, -0.25) is 4.79 Å². The lowest BCUT2D eigenvalue weighted by Crippen LogP contribution is -2.38. The highest BCUT2D eigenvalue weighted by atomic mass is 16.5. The van der Waals surface area contributed by atoms with Crippen LogP contribution in [0.15, 0.2) is 75.8 Å². The van der Waals surface area contributed by atoms with Crippen LogP contribution in [0.1, 0.15) is 35.1 Å². The Morgan fingerprint density at radius 2 is 1.53 bits per heavy atom. The molecule has 150 valence electrons. The van der Waals surface area contributed by atoms with Gasteiger partial charge < -0.3 is 13.9 Å². The molecule has 3 heterocycles. The summed E-state index contributed by atoms with van der Waals surface area (Å²) in [4.78, 5) is 19.2. The van der Waals surface area contributed by atoms with Gasteiger partial charge in [0.05, 0.1) is 0 Å². The molecule has 4 aromatic rings. The highest BCUT2D eigenvalue weighted by Crippen LogP contribution is 2.29. The van der Waals surface area contributed by atoms with Gasteiger partial charge in [-0.15, -0.1) is 0 Å². The minimum absolute atomic E-state index is 0.116. The van der Waals surface area contributed by atoms with Crippen molar-refractivity contribution in [3.8, 4) is 22.7 Å². The van der Waals surface area contributed by atoms with Gasteiger partial charge in [0.25, 0.3) is 5.91 Å². The summed E-state index contributed by atoms with van der Waals surface area (Å²) < 4.78 is 10.9. The topological polar surface area (TPSA) is 85.3 Å². The number of piperidine rings is 1. The van der Waals surface area contributed by atoms with Crippen LogP contribution in [0, 0.1) is 0 Å². The summed E-state index contributed by atoms with van der Waals surface area (Å²) >= 11 is 0. The molecule has 0 spiro atoms. The van der Waals surface area contributed by atoms with E-state index in [9.17, 15) is 4.79 Å². The smallest absolute Gasteiger partial charge is 0.276 e. The summed E-state index contributed by atoms with van der Waals surface area (Å²) in [6.45, 7) is 1.22. The number of hydrogen-bond acceptors (Lipinski definition) is 6. The van der Waals surface area contributed by atoms with Gasteiger partial charge in [0.2, 0.25) is 11.7 Å². The molecule has 0 radical (unpaired) electrons. The second kappa shape index (κ2) is 7.94. The van der Waals surface area contributed by atoms with Crippen molar-refractivity contribution < 1.29 is 13.8 Å². The molecule has 5 rings (SSSR count). The summed E-state index contributed by atoms with van der Waals surface area (Å²) in [7, 11) is 0. The van der Waals surface area contributed by atoms with Crippen LogP contribution >= 0.6 is 0 Å². The normalized spacial score (nSPS) is 14.7. The second-order valence-electron chi connectivity index (χ2n) is 7.33. The molecule has 0 aliphatic carbocycles. The fraction of sp³-hybridized carbons (Fsp3) is 0.217. The molecule has 0 atom stereocenters. The number of carbonyl (C=O) groups is 1. The third-order valence-corrected chi connectivity index (χ3v) is 5.39. The molecular weight excluding hydrogens is 380 g/mol. The molecule has 2 aromatic carbocycles. The maximum atomic E-state index is 12.8. The molecule has 1 aliphatic rings. The standard InChI is InChI=1S/C23H20N4O3/c28-23(19-15-20(29-25-19)16-7-3-1-4-8-16)27-13-11-18(12-14-27)22-24-21(26-30-22)17-9-5-2-6-10-17/h1-10,15,18H,11-14H2. The molecule has 0 N–H and O–H groups in total. The lowest BCUT2D eigenvalue weighted by molar-refractivity contribution is 0.0694. The molecular formula is C23H20N4O3. The van der Waals surface area contributed by atoms with Gasteiger partial charge in [-0.25, -0.2) is 0 Å². The van der Waals surface area contributed by atoms with Crippen molar-refractivity contribution in [1.29, 1.82) is 0 Å². The van der Waals surface area contributed by atoms with Crippen molar-refractivity contribution in [2.24, 2.45) is 0 Å². The van der Waals surface area contributed by atoms with Crippen molar-refractivity contribution >= 4 is 5.91 Å². The van der Waals surface area contributed by atoms with E-state index in [0.717, 1.165) is 24.0 Å². The maximum Gasteiger partial charge on any atom is 0.276 e. The van der Waals surface area contributed by atoms with Crippen LogP contribution in [0.5, 0.6) is 0 Å². The van der Waals surface area contributed by atoms with Gasteiger partial charge >= 0.3 is 0 Å². The lowest BCUT2D eigenvalue weighted by Gasteiger charge is -2.29. The van der Waals surface area contributed by atoms with Crippen LogP contribution in [0.3, 0.4) is 0 Å². The third kappa shape index (κ3) is 3.61. The minimum atomic E-state index is -0.116. The highest BCUT2D eigenvalue weighted by Gasteiger charge is 2.29. The number of hydrogen-bond donors (Lipinski definition) is 0. The van der Waals surface area contributed by atoms with Crippen molar-refractivity contribution in [3.05, 3.63) is 78.3 Å². The Labute approximate surface area is 173 Å². The van der Waals surface area contributed by atoms with Crippen LogP contribution in [-0.4, -0.2) is 39.2 Å². The third-order valence-electron chi connectivity index (χ3n) is 5.39. The molecule has 1 saturated heterocycles. The van der Waals surface area contributed by atoms with Crippen LogP contribution in [0.4, 0.5) is 0 Å². The van der Waals surface area contributed by atoms with E-state index in [1.807, 2.05) is 60.7 Å². The largest absolute Gasteiger partial charge is 0.355 e. The zero-order valence-electron chi connectivity index (χ0n) is 16.3. The van der Waals surface area contributed by atoms with Gasteiger partial charge in [-0.05, 0) is 12.8 Å². The summed E-state index contributed by atoms with van der Waals surface area (Å²) in [6, 6.07) is 21.1. The van der Waals surface area contributed by atoms with Crippen molar-refractivity contribution in [2.45, 2.75) is 18.8 Å². The highest BCUT2D eigenvalue weighted by molar-refractivity contribution is 5.93. The average Bonchev–Trinajstić information content (AvgIpc) is 3.50. The number of carbonyl (C=O) groups excluding carboxylic acids is 1. The first-order chi connectivity index (χ1) is 14.8. The van der Waals surface area contributed by atoms with E-state index in [4.69, 9.17) is 9.05 Å². The first-order valence-electron chi connectivity index (χ1n) is 9.98. The summed E-state index contributed by atoms with van der Waals surface area (Å²) in [5.74, 6) is 1.85. The Kier molecular flexibility index (Phi) is 4.85. The number of nitrogens with zero attached hydrogens (tertiary/aromatic N) is 4. The number of aromatic nitrogens is 3. The van der Waals surface area contributed by atoms with E-state index in [2.05, 4.69) is 15.3 Å². The van der Waals surface area contributed by atoms with Gasteiger partial charge in [-0.1, -0.05) is 71.0 Å². The Hall–Kier alpha value is -3.74. The molecule has 0 saturated carbocycles. The Morgan fingerprint density at radius 3 is 2.23 bits per heavy atom. The van der Waals surface area contributed by atoms with Gasteiger partial charge in [0, 0.05) is 36.2 Å².